The lowest BCUT2D eigenvalue weighted by Gasteiger charge is -2.34. The highest BCUT2D eigenvalue weighted by Gasteiger charge is 2.24. The molecule has 0 aliphatic carbocycles. The van der Waals surface area contributed by atoms with Crippen LogP contribution in [0.15, 0.2) is 30.3 Å². The minimum absolute atomic E-state index is 0.241. The highest BCUT2D eigenvalue weighted by atomic mass is 16.2. The summed E-state index contributed by atoms with van der Waals surface area (Å²) in [5.74, 6) is 0.241. The first kappa shape index (κ1) is 18.6. The Balaban J connectivity index is 1.69. The van der Waals surface area contributed by atoms with E-state index < -0.39 is 0 Å². The van der Waals surface area contributed by atoms with Crippen molar-refractivity contribution in [3.05, 3.63) is 47.3 Å². The molecule has 140 valence electrons. The van der Waals surface area contributed by atoms with Gasteiger partial charge in [0.15, 0.2) is 0 Å². The largest absolute Gasteiger partial charge is 0.339 e. The molecule has 0 N–H and O–H groups in total. The average Bonchev–Trinajstić information content (AvgIpc) is 2.91. The van der Waals surface area contributed by atoms with Crippen LogP contribution in [0.3, 0.4) is 0 Å². The van der Waals surface area contributed by atoms with E-state index in [2.05, 4.69) is 30.9 Å². The van der Waals surface area contributed by atoms with Crippen LogP contribution in [0.1, 0.15) is 43.1 Å². The summed E-state index contributed by atoms with van der Waals surface area (Å²) in [5.41, 5.74) is 4.44. The molecular weight excluding hydrogens is 324 g/mol. The zero-order valence-corrected chi connectivity index (χ0v) is 16.4. The molecular formula is C21H30N4O. The van der Waals surface area contributed by atoms with Crippen molar-refractivity contribution < 1.29 is 4.79 Å². The van der Waals surface area contributed by atoms with Crippen molar-refractivity contribution >= 4 is 5.91 Å². The standard InChI is InChI=1S/C21H30N4O/c1-16-10-8-9-13-24(16)21(26)15-23(4)14-20-17(2)22-25(18(20)3)19-11-6-5-7-12-19/h5-7,11-12,16H,8-10,13-15H2,1-4H3. The zero-order chi connectivity index (χ0) is 18.7. The number of hydrogen-bond acceptors (Lipinski definition) is 3. The lowest BCUT2D eigenvalue weighted by atomic mass is 10.0. The fourth-order valence-electron chi connectivity index (χ4n) is 3.84. The number of carbonyl (C=O) groups excluding carboxylic acids is 1. The summed E-state index contributed by atoms with van der Waals surface area (Å²) in [7, 11) is 2.02. The van der Waals surface area contributed by atoms with Crippen LogP contribution in [0.5, 0.6) is 0 Å². The molecule has 26 heavy (non-hydrogen) atoms. The highest BCUT2D eigenvalue weighted by molar-refractivity contribution is 5.78. The molecule has 1 amide bonds. The minimum atomic E-state index is 0.241. The van der Waals surface area contributed by atoms with Gasteiger partial charge in [0.1, 0.15) is 0 Å². The summed E-state index contributed by atoms with van der Waals surface area (Å²) in [6.45, 7) is 8.40. The number of aryl methyl sites for hydroxylation is 1. The molecule has 0 saturated carbocycles. The van der Waals surface area contributed by atoms with Crippen LogP contribution in [-0.2, 0) is 11.3 Å². The van der Waals surface area contributed by atoms with Gasteiger partial charge in [0.05, 0.1) is 17.9 Å². The van der Waals surface area contributed by atoms with E-state index in [1.807, 2.05) is 41.8 Å². The molecule has 1 saturated heterocycles. The van der Waals surface area contributed by atoms with E-state index >= 15 is 0 Å². The van der Waals surface area contributed by atoms with Gasteiger partial charge in [-0.3, -0.25) is 9.69 Å². The maximum absolute atomic E-state index is 12.7. The summed E-state index contributed by atoms with van der Waals surface area (Å²) in [6, 6.07) is 10.6. The fraction of sp³-hybridized carbons (Fsp3) is 0.524. The molecule has 1 fully saturated rings. The smallest absolute Gasteiger partial charge is 0.236 e. The number of likely N-dealkylation sites (N-methyl/N-ethyl adjacent to an activating group) is 1. The number of hydrogen-bond donors (Lipinski definition) is 0. The third kappa shape index (κ3) is 3.98. The number of rotatable bonds is 5. The quantitative estimate of drug-likeness (QED) is 0.827. The monoisotopic (exact) mass is 354 g/mol. The Bertz CT molecular complexity index is 753. The van der Waals surface area contributed by atoms with E-state index in [1.165, 1.54) is 12.0 Å². The van der Waals surface area contributed by atoms with Crippen LogP contribution in [0.4, 0.5) is 0 Å². The molecule has 1 unspecified atom stereocenters. The molecule has 1 aromatic carbocycles. The Morgan fingerprint density at radius 2 is 1.96 bits per heavy atom. The molecule has 1 aromatic heterocycles. The van der Waals surface area contributed by atoms with Crippen LogP contribution in [0, 0.1) is 13.8 Å². The zero-order valence-electron chi connectivity index (χ0n) is 16.4. The third-order valence-corrected chi connectivity index (χ3v) is 5.40. The number of para-hydroxylation sites is 1. The summed E-state index contributed by atoms with van der Waals surface area (Å²) in [6.07, 6.45) is 3.48. The lowest BCUT2D eigenvalue weighted by molar-refractivity contribution is -0.135. The van der Waals surface area contributed by atoms with Gasteiger partial charge in [-0.25, -0.2) is 4.68 Å². The second kappa shape index (κ2) is 8.04. The molecule has 1 atom stereocenters. The first-order chi connectivity index (χ1) is 12.5. The van der Waals surface area contributed by atoms with Gasteiger partial charge in [0.2, 0.25) is 5.91 Å². The molecule has 0 radical (unpaired) electrons. The summed E-state index contributed by atoms with van der Waals surface area (Å²) in [4.78, 5) is 16.8. The number of piperidine rings is 1. The predicted octanol–water partition coefficient (Wildman–Crippen LogP) is 3.32. The van der Waals surface area contributed by atoms with Crippen LogP contribution in [-0.4, -0.2) is 51.7 Å². The van der Waals surface area contributed by atoms with Gasteiger partial charge >= 0.3 is 0 Å². The van der Waals surface area contributed by atoms with Crippen molar-refractivity contribution in [3.8, 4) is 5.69 Å². The Morgan fingerprint density at radius 3 is 2.65 bits per heavy atom. The van der Waals surface area contributed by atoms with Crippen LogP contribution in [0.25, 0.3) is 5.69 Å². The van der Waals surface area contributed by atoms with Gasteiger partial charge in [-0.15, -0.1) is 0 Å². The molecule has 2 aromatic rings. The molecule has 1 aliphatic rings. The van der Waals surface area contributed by atoms with Gasteiger partial charge < -0.3 is 4.90 Å². The van der Waals surface area contributed by atoms with E-state index in [9.17, 15) is 4.79 Å². The van der Waals surface area contributed by atoms with Crippen molar-refractivity contribution in [2.24, 2.45) is 0 Å². The van der Waals surface area contributed by atoms with Crippen LogP contribution in [0.2, 0.25) is 0 Å². The number of carbonyl (C=O) groups is 1. The second-order valence-electron chi connectivity index (χ2n) is 7.50. The van der Waals surface area contributed by atoms with Crippen LogP contribution < -0.4 is 0 Å². The minimum Gasteiger partial charge on any atom is -0.339 e. The van der Waals surface area contributed by atoms with Gasteiger partial charge in [-0.1, -0.05) is 18.2 Å². The fourth-order valence-corrected chi connectivity index (χ4v) is 3.84. The number of aromatic nitrogens is 2. The topological polar surface area (TPSA) is 41.4 Å². The lowest BCUT2D eigenvalue weighted by Crippen LogP contribution is -2.46. The number of nitrogens with zero attached hydrogens (tertiary/aromatic N) is 4. The maximum Gasteiger partial charge on any atom is 0.236 e. The van der Waals surface area contributed by atoms with Gasteiger partial charge in [-0.2, -0.15) is 5.10 Å². The molecule has 3 rings (SSSR count). The van der Waals surface area contributed by atoms with Crippen LogP contribution >= 0.6 is 0 Å². The van der Waals surface area contributed by atoms with Crippen molar-refractivity contribution in [2.45, 2.75) is 52.6 Å². The Morgan fingerprint density at radius 1 is 1.23 bits per heavy atom. The van der Waals surface area contributed by atoms with Gasteiger partial charge in [-0.05, 0) is 59.2 Å². The summed E-state index contributed by atoms with van der Waals surface area (Å²) < 4.78 is 1.99. The predicted molar refractivity (Wildman–Crippen MR) is 104 cm³/mol. The molecule has 2 heterocycles. The summed E-state index contributed by atoms with van der Waals surface area (Å²) >= 11 is 0. The first-order valence-corrected chi connectivity index (χ1v) is 9.56. The third-order valence-electron chi connectivity index (χ3n) is 5.40. The average molecular weight is 354 g/mol. The van der Waals surface area contributed by atoms with Crippen molar-refractivity contribution in [3.63, 3.8) is 0 Å². The van der Waals surface area contributed by atoms with E-state index in [-0.39, 0.29) is 5.91 Å². The number of benzene rings is 1. The maximum atomic E-state index is 12.7. The molecule has 5 nitrogen and oxygen atoms in total. The molecule has 0 spiro atoms. The molecule has 0 bridgehead atoms. The molecule has 5 heteroatoms. The van der Waals surface area contributed by atoms with Crippen molar-refractivity contribution in [1.82, 2.24) is 19.6 Å². The SMILES string of the molecule is Cc1nn(-c2ccccc2)c(C)c1CN(C)CC(=O)N1CCCCC1C. The van der Waals surface area contributed by atoms with Crippen molar-refractivity contribution in [1.29, 1.82) is 0 Å². The second-order valence-corrected chi connectivity index (χ2v) is 7.50. The first-order valence-electron chi connectivity index (χ1n) is 9.56. The molecule has 1 aliphatic heterocycles. The van der Waals surface area contributed by atoms with Crippen molar-refractivity contribution in [2.75, 3.05) is 20.1 Å². The van der Waals surface area contributed by atoms with Gasteiger partial charge in [0, 0.05) is 30.4 Å². The van der Waals surface area contributed by atoms with E-state index in [0.29, 0.717) is 12.6 Å². The van der Waals surface area contributed by atoms with E-state index in [0.717, 1.165) is 43.0 Å². The summed E-state index contributed by atoms with van der Waals surface area (Å²) in [5, 5.41) is 4.71. The Hall–Kier alpha value is -2.14. The number of likely N-dealkylation sites (tertiary alicyclic amines) is 1. The van der Waals surface area contributed by atoms with E-state index in [1.54, 1.807) is 0 Å². The Kier molecular flexibility index (Phi) is 5.77. The Labute approximate surface area is 156 Å². The van der Waals surface area contributed by atoms with E-state index in [4.69, 9.17) is 5.10 Å². The number of amides is 1. The highest BCUT2D eigenvalue weighted by Crippen LogP contribution is 2.20. The normalized spacial score (nSPS) is 17.7. The van der Waals surface area contributed by atoms with Gasteiger partial charge in [0.25, 0.3) is 0 Å².